The molecule has 0 radical (unpaired) electrons. The van der Waals surface area contributed by atoms with Crippen LogP contribution in [-0.4, -0.2) is 25.3 Å². The highest BCUT2D eigenvalue weighted by Gasteiger charge is 2.11. The lowest BCUT2D eigenvalue weighted by Gasteiger charge is -2.19. The van der Waals surface area contributed by atoms with Crippen molar-refractivity contribution in [3.63, 3.8) is 0 Å². The zero-order valence-electron chi connectivity index (χ0n) is 10.6. The Hall–Kier alpha value is -2.43. The third kappa shape index (κ3) is 2.54. The van der Waals surface area contributed by atoms with E-state index in [-0.39, 0.29) is 0 Å². The minimum atomic E-state index is 0.584. The molecule has 98 valence electrons. The Bertz CT molecular complexity index is 569. The molecule has 0 aliphatic carbocycles. The van der Waals surface area contributed by atoms with Gasteiger partial charge in [0.1, 0.15) is 13.2 Å². The number of hydrogen-bond donors (Lipinski definition) is 1. The lowest BCUT2D eigenvalue weighted by molar-refractivity contribution is 0.171. The largest absolute Gasteiger partial charge is 0.486 e. The highest BCUT2D eigenvalue weighted by atomic mass is 16.6. The quantitative estimate of drug-likeness (QED) is 0.917. The van der Waals surface area contributed by atoms with Crippen LogP contribution >= 0.6 is 0 Å². The molecule has 19 heavy (non-hydrogen) atoms. The average molecular weight is 258 g/mol. The van der Waals surface area contributed by atoms with Crippen LogP contribution in [0.25, 0.3) is 0 Å². The van der Waals surface area contributed by atoms with E-state index in [9.17, 15) is 0 Å². The first-order valence-corrected chi connectivity index (χ1v) is 6.02. The second-order valence-electron chi connectivity index (χ2n) is 4.07. The molecule has 0 spiro atoms. The van der Waals surface area contributed by atoms with E-state index in [1.54, 1.807) is 19.4 Å². The van der Waals surface area contributed by atoms with Crippen molar-refractivity contribution < 1.29 is 14.2 Å². The van der Waals surface area contributed by atoms with Gasteiger partial charge < -0.3 is 19.5 Å². The number of rotatable bonds is 3. The van der Waals surface area contributed by atoms with Gasteiger partial charge in [-0.15, -0.1) is 0 Å². The van der Waals surface area contributed by atoms with Crippen LogP contribution in [-0.2, 0) is 0 Å². The number of aromatic nitrogens is 1. The molecule has 2 aromatic rings. The van der Waals surface area contributed by atoms with E-state index in [1.807, 2.05) is 24.3 Å². The number of nitrogens with one attached hydrogen (secondary N) is 1. The minimum Gasteiger partial charge on any atom is -0.486 e. The van der Waals surface area contributed by atoms with Crippen molar-refractivity contribution >= 4 is 11.4 Å². The molecule has 1 aliphatic rings. The monoisotopic (exact) mass is 258 g/mol. The van der Waals surface area contributed by atoms with E-state index in [0.717, 1.165) is 22.9 Å². The van der Waals surface area contributed by atoms with Crippen LogP contribution in [0.5, 0.6) is 17.4 Å². The third-order valence-electron chi connectivity index (χ3n) is 2.78. The molecule has 5 nitrogen and oxygen atoms in total. The summed E-state index contributed by atoms with van der Waals surface area (Å²) < 4.78 is 16.0. The first-order valence-electron chi connectivity index (χ1n) is 6.02. The van der Waals surface area contributed by atoms with Gasteiger partial charge in [-0.05, 0) is 18.2 Å². The number of ether oxygens (including phenoxy) is 3. The van der Waals surface area contributed by atoms with Gasteiger partial charge >= 0.3 is 0 Å². The van der Waals surface area contributed by atoms with E-state index >= 15 is 0 Å². The Kier molecular flexibility index (Phi) is 3.10. The Morgan fingerprint density at radius 1 is 1.05 bits per heavy atom. The number of benzene rings is 1. The van der Waals surface area contributed by atoms with Crippen molar-refractivity contribution in [1.82, 2.24) is 4.98 Å². The van der Waals surface area contributed by atoms with Crippen molar-refractivity contribution in [2.24, 2.45) is 0 Å². The number of hydrogen-bond acceptors (Lipinski definition) is 5. The second-order valence-corrected chi connectivity index (χ2v) is 4.07. The molecule has 1 aromatic carbocycles. The van der Waals surface area contributed by atoms with Crippen LogP contribution in [0.1, 0.15) is 0 Å². The maximum atomic E-state index is 5.54. The standard InChI is InChI=1S/C14H14N2O3/c1-17-14-5-3-11(9-15-14)16-10-2-4-12-13(8-10)19-7-6-18-12/h2-5,8-9,16H,6-7H2,1H3. The van der Waals surface area contributed by atoms with E-state index in [0.29, 0.717) is 19.1 Å². The molecule has 0 fully saturated rings. The van der Waals surface area contributed by atoms with Crippen molar-refractivity contribution in [1.29, 1.82) is 0 Å². The molecule has 0 unspecified atom stereocenters. The van der Waals surface area contributed by atoms with Crippen LogP contribution in [0.4, 0.5) is 11.4 Å². The van der Waals surface area contributed by atoms with Crippen LogP contribution in [0.15, 0.2) is 36.5 Å². The summed E-state index contributed by atoms with van der Waals surface area (Å²) in [7, 11) is 1.59. The predicted octanol–water partition coefficient (Wildman–Crippen LogP) is 2.61. The SMILES string of the molecule is COc1ccc(Nc2ccc3c(c2)OCCO3)cn1. The number of fused-ring (bicyclic) bond motifs is 1. The molecular weight excluding hydrogens is 244 g/mol. The topological polar surface area (TPSA) is 52.6 Å². The summed E-state index contributed by atoms with van der Waals surface area (Å²) in [4.78, 5) is 4.14. The van der Waals surface area contributed by atoms with Crippen molar-refractivity contribution in [2.75, 3.05) is 25.6 Å². The fourth-order valence-electron chi connectivity index (χ4n) is 1.86. The molecule has 0 atom stereocenters. The summed E-state index contributed by atoms with van der Waals surface area (Å²) >= 11 is 0. The van der Waals surface area contributed by atoms with Crippen LogP contribution < -0.4 is 19.5 Å². The van der Waals surface area contributed by atoms with Gasteiger partial charge in [-0.1, -0.05) is 0 Å². The summed E-state index contributed by atoms with van der Waals surface area (Å²) in [6.07, 6.45) is 1.72. The fourth-order valence-corrected chi connectivity index (χ4v) is 1.86. The summed E-state index contributed by atoms with van der Waals surface area (Å²) in [6, 6.07) is 9.47. The summed E-state index contributed by atoms with van der Waals surface area (Å²) in [6.45, 7) is 1.18. The summed E-state index contributed by atoms with van der Waals surface area (Å²) in [5.74, 6) is 2.13. The van der Waals surface area contributed by atoms with Crippen molar-refractivity contribution in [2.45, 2.75) is 0 Å². The first kappa shape index (κ1) is 11.6. The van der Waals surface area contributed by atoms with Gasteiger partial charge in [0.25, 0.3) is 0 Å². The lowest BCUT2D eigenvalue weighted by atomic mass is 10.2. The fraction of sp³-hybridized carbons (Fsp3) is 0.214. The van der Waals surface area contributed by atoms with Gasteiger partial charge in [0.15, 0.2) is 11.5 Å². The number of methoxy groups -OCH3 is 1. The maximum absolute atomic E-state index is 5.54. The van der Waals surface area contributed by atoms with Gasteiger partial charge in [-0.25, -0.2) is 4.98 Å². The minimum absolute atomic E-state index is 0.584. The number of pyridine rings is 1. The van der Waals surface area contributed by atoms with Crippen LogP contribution in [0.2, 0.25) is 0 Å². The average Bonchev–Trinajstić information content (AvgIpc) is 2.48. The zero-order valence-corrected chi connectivity index (χ0v) is 10.6. The van der Waals surface area contributed by atoms with Gasteiger partial charge in [0.05, 0.1) is 19.0 Å². The normalized spacial score (nSPS) is 12.9. The molecule has 3 rings (SSSR count). The molecule has 2 heterocycles. The molecule has 0 bridgehead atoms. The first-order chi connectivity index (χ1) is 9.35. The molecule has 1 aliphatic heterocycles. The van der Waals surface area contributed by atoms with Gasteiger partial charge in [-0.2, -0.15) is 0 Å². The highest BCUT2D eigenvalue weighted by molar-refractivity contribution is 5.63. The van der Waals surface area contributed by atoms with Gasteiger partial charge in [0, 0.05) is 17.8 Å². The summed E-state index contributed by atoms with van der Waals surface area (Å²) in [5, 5.41) is 3.25. The maximum Gasteiger partial charge on any atom is 0.213 e. The molecule has 0 saturated carbocycles. The van der Waals surface area contributed by atoms with Gasteiger partial charge in [-0.3, -0.25) is 0 Å². The Labute approximate surface area is 111 Å². The Balaban J connectivity index is 1.78. The Morgan fingerprint density at radius 3 is 2.58 bits per heavy atom. The van der Waals surface area contributed by atoms with E-state index in [1.165, 1.54) is 0 Å². The third-order valence-corrected chi connectivity index (χ3v) is 2.78. The zero-order chi connectivity index (χ0) is 13.1. The summed E-state index contributed by atoms with van der Waals surface area (Å²) in [5.41, 5.74) is 1.81. The predicted molar refractivity (Wildman–Crippen MR) is 71.5 cm³/mol. The van der Waals surface area contributed by atoms with E-state index < -0.39 is 0 Å². The number of anilines is 2. The molecule has 5 heteroatoms. The van der Waals surface area contributed by atoms with Crippen LogP contribution in [0.3, 0.4) is 0 Å². The van der Waals surface area contributed by atoms with Crippen LogP contribution in [0, 0.1) is 0 Å². The van der Waals surface area contributed by atoms with Crippen molar-refractivity contribution in [3.05, 3.63) is 36.5 Å². The van der Waals surface area contributed by atoms with Gasteiger partial charge in [0.2, 0.25) is 5.88 Å². The van der Waals surface area contributed by atoms with E-state index in [2.05, 4.69) is 10.3 Å². The number of nitrogens with zero attached hydrogens (tertiary/aromatic N) is 1. The smallest absolute Gasteiger partial charge is 0.213 e. The molecular formula is C14H14N2O3. The highest BCUT2D eigenvalue weighted by Crippen LogP contribution is 2.33. The van der Waals surface area contributed by atoms with Crippen molar-refractivity contribution in [3.8, 4) is 17.4 Å². The lowest BCUT2D eigenvalue weighted by Crippen LogP contribution is -2.15. The van der Waals surface area contributed by atoms with E-state index in [4.69, 9.17) is 14.2 Å². The Morgan fingerprint density at radius 2 is 1.84 bits per heavy atom. The second kappa shape index (κ2) is 5.06. The molecule has 1 aromatic heterocycles. The molecule has 0 saturated heterocycles. The molecule has 1 N–H and O–H groups in total. The molecule has 0 amide bonds.